The van der Waals surface area contributed by atoms with E-state index in [0.717, 1.165) is 72.0 Å². The van der Waals surface area contributed by atoms with Crippen molar-refractivity contribution in [3.63, 3.8) is 0 Å². The van der Waals surface area contributed by atoms with Gasteiger partial charge in [-0.15, -0.1) is 0 Å². The second kappa shape index (κ2) is 13.6. The fourth-order valence-electron chi connectivity index (χ4n) is 5.31. The van der Waals surface area contributed by atoms with Crippen molar-refractivity contribution < 1.29 is 19.3 Å². The zero-order valence-electron chi connectivity index (χ0n) is 24.4. The minimum atomic E-state index is 0.113. The first-order chi connectivity index (χ1) is 21.7. The average molecular weight is 583 g/mol. The Hall–Kier alpha value is -5.50. The lowest BCUT2D eigenvalue weighted by molar-refractivity contribution is -0.686. The molecule has 2 heterocycles. The topological polar surface area (TPSA) is 97.7 Å². The number of azo groups is 2. The molecule has 0 unspecified atom stereocenters. The second-order valence-corrected chi connectivity index (χ2v) is 10.6. The highest BCUT2D eigenvalue weighted by Gasteiger charge is 2.14. The number of nitrogens with zero attached hydrogens (tertiary/aromatic N) is 6. The van der Waals surface area contributed by atoms with Crippen LogP contribution >= 0.6 is 0 Å². The molecule has 6 aromatic rings. The largest absolute Gasteiger partial charge is 0.506 e. The van der Waals surface area contributed by atoms with Crippen molar-refractivity contribution in [2.24, 2.45) is 20.5 Å². The van der Waals surface area contributed by atoms with E-state index in [0.29, 0.717) is 11.4 Å². The molecule has 218 valence electrons. The smallest absolute Gasteiger partial charge is 0.350 e. The van der Waals surface area contributed by atoms with Crippen molar-refractivity contribution in [3.05, 3.63) is 122 Å². The molecule has 44 heavy (non-hydrogen) atoms. The molecule has 6 rings (SSSR count). The summed E-state index contributed by atoms with van der Waals surface area (Å²) in [6.07, 6.45) is 8.17. The Morgan fingerprint density at radius 1 is 0.432 bits per heavy atom. The van der Waals surface area contributed by atoms with Gasteiger partial charge in [0.1, 0.15) is 11.5 Å². The number of aryl methyl sites for hydroxylation is 2. The number of unbranched alkanes of at least 4 members (excludes halogenated alkanes) is 3. The van der Waals surface area contributed by atoms with E-state index in [-0.39, 0.29) is 11.5 Å². The number of phenolic OH excluding ortho intramolecular Hbond substituents is 2. The predicted octanol–water partition coefficient (Wildman–Crippen LogP) is 9.07. The molecule has 0 radical (unpaired) electrons. The zero-order chi connectivity index (χ0) is 30.1. The number of rotatable bonds is 11. The van der Waals surface area contributed by atoms with Crippen molar-refractivity contribution in [2.75, 3.05) is 0 Å². The molecular weight excluding hydrogens is 548 g/mol. The maximum atomic E-state index is 10.4. The van der Waals surface area contributed by atoms with Gasteiger partial charge in [0, 0.05) is 22.9 Å². The Morgan fingerprint density at radius 3 is 1.34 bits per heavy atom. The molecular formula is C36H34N6O2+2. The summed E-state index contributed by atoms with van der Waals surface area (Å²) < 4.78 is 4.19. The highest BCUT2D eigenvalue weighted by molar-refractivity contribution is 5.96. The highest BCUT2D eigenvalue weighted by Crippen LogP contribution is 2.36. The summed E-state index contributed by atoms with van der Waals surface area (Å²) in [5.74, 6) is 1.71. The van der Waals surface area contributed by atoms with Crippen LogP contribution < -0.4 is 9.13 Å². The summed E-state index contributed by atoms with van der Waals surface area (Å²) in [5, 5.41) is 42.5. The van der Waals surface area contributed by atoms with Gasteiger partial charge in [-0.25, -0.2) is 9.13 Å². The van der Waals surface area contributed by atoms with Crippen molar-refractivity contribution in [1.82, 2.24) is 0 Å². The lowest BCUT2D eigenvalue weighted by atomic mass is 10.1. The Morgan fingerprint density at radius 2 is 0.864 bits per heavy atom. The Bertz CT molecular complexity index is 1830. The van der Waals surface area contributed by atoms with Crippen LogP contribution in [0.3, 0.4) is 0 Å². The van der Waals surface area contributed by atoms with Crippen LogP contribution in [0.15, 0.2) is 142 Å². The van der Waals surface area contributed by atoms with Gasteiger partial charge in [0.2, 0.25) is 0 Å². The monoisotopic (exact) mass is 582 g/mol. The molecule has 0 amide bonds. The molecule has 8 heteroatoms. The molecule has 4 aromatic carbocycles. The second-order valence-electron chi connectivity index (χ2n) is 10.6. The molecule has 0 fully saturated rings. The molecule has 0 aliphatic rings. The summed E-state index contributed by atoms with van der Waals surface area (Å²) in [6.45, 7) is 1.65. The quantitative estimate of drug-likeness (QED) is 0.0905. The number of fused-ring (bicyclic) bond motifs is 2. The van der Waals surface area contributed by atoms with E-state index in [1.165, 1.54) is 0 Å². The number of hydrogen-bond donors (Lipinski definition) is 2. The summed E-state index contributed by atoms with van der Waals surface area (Å²) in [5.41, 5.74) is 0.953. The lowest BCUT2D eigenvalue weighted by Gasteiger charge is -2.04. The minimum Gasteiger partial charge on any atom is -0.506 e. The predicted molar refractivity (Wildman–Crippen MR) is 171 cm³/mol. The number of pyridine rings is 2. The van der Waals surface area contributed by atoms with Gasteiger partial charge in [-0.3, -0.25) is 0 Å². The van der Waals surface area contributed by atoms with Crippen LogP contribution in [0.5, 0.6) is 11.5 Å². The summed E-state index contributed by atoms with van der Waals surface area (Å²) >= 11 is 0. The lowest BCUT2D eigenvalue weighted by Crippen LogP contribution is -2.34. The number of phenols is 2. The Kier molecular flexibility index (Phi) is 8.88. The Labute approximate surface area is 255 Å². The standard InChI is InChI=1S/C36H32N6O2/c43-31-21-19-27-13-3-5-15-29(27)35(31)39-37-33-17-7-11-25-41(33)23-9-1-2-10-24-42-26-12-8-18-34(42)38-40-36-30-16-6-4-14-28(30)20-22-32(36)44/h3-8,11-22,25-26H,1-2,9-10,23-24H2/p+2. The van der Waals surface area contributed by atoms with Crippen LogP contribution in [0.2, 0.25) is 0 Å². The van der Waals surface area contributed by atoms with Crippen LogP contribution in [0.1, 0.15) is 25.7 Å². The fourth-order valence-corrected chi connectivity index (χ4v) is 5.31. The van der Waals surface area contributed by atoms with Crippen LogP contribution in [-0.2, 0) is 13.1 Å². The molecule has 0 saturated heterocycles. The van der Waals surface area contributed by atoms with E-state index in [1.807, 2.05) is 109 Å². The minimum absolute atomic E-state index is 0.113. The molecule has 0 aliphatic heterocycles. The first-order valence-corrected chi connectivity index (χ1v) is 14.9. The van der Waals surface area contributed by atoms with Crippen molar-refractivity contribution >= 4 is 44.6 Å². The van der Waals surface area contributed by atoms with E-state index in [9.17, 15) is 10.2 Å². The third kappa shape index (κ3) is 6.60. The van der Waals surface area contributed by atoms with E-state index < -0.39 is 0 Å². The van der Waals surface area contributed by atoms with Gasteiger partial charge in [-0.05, 0) is 70.9 Å². The van der Waals surface area contributed by atoms with Gasteiger partial charge in [0.05, 0.1) is 35.7 Å². The van der Waals surface area contributed by atoms with Crippen LogP contribution in [0.4, 0.5) is 23.0 Å². The molecule has 0 bridgehead atoms. The number of aromatic hydroxyl groups is 2. The zero-order valence-corrected chi connectivity index (χ0v) is 24.4. The van der Waals surface area contributed by atoms with Gasteiger partial charge >= 0.3 is 11.6 Å². The maximum Gasteiger partial charge on any atom is 0.350 e. The molecule has 0 atom stereocenters. The third-order valence-electron chi connectivity index (χ3n) is 7.64. The van der Waals surface area contributed by atoms with E-state index in [2.05, 4.69) is 29.6 Å². The number of benzene rings is 4. The molecule has 0 saturated carbocycles. The molecule has 0 spiro atoms. The normalized spacial score (nSPS) is 11.7. The van der Waals surface area contributed by atoms with E-state index in [4.69, 9.17) is 0 Å². The van der Waals surface area contributed by atoms with Crippen molar-refractivity contribution in [1.29, 1.82) is 0 Å². The summed E-state index contributed by atoms with van der Waals surface area (Å²) in [4.78, 5) is 0. The average Bonchev–Trinajstić information content (AvgIpc) is 3.06. The van der Waals surface area contributed by atoms with Crippen molar-refractivity contribution in [2.45, 2.75) is 38.8 Å². The number of hydrogen-bond acceptors (Lipinski definition) is 6. The Balaban J connectivity index is 1.04. The number of aromatic nitrogens is 2. The molecule has 2 aromatic heterocycles. The van der Waals surface area contributed by atoms with Gasteiger partial charge < -0.3 is 10.2 Å². The van der Waals surface area contributed by atoms with Crippen LogP contribution in [0.25, 0.3) is 21.5 Å². The summed E-state index contributed by atoms with van der Waals surface area (Å²) in [7, 11) is 0. The molecule has 8 nitrogen and oxygen atoms in total. The SMILES string of the molecule is Oc1ccc2ccccc2c1N=Nc1cccc[n+]1CCCCCC[n+]1ccccc1/N=N\c1c(O)ccc2ccccc12. The first kappa shape index (κ1) is 28.6. The maximum absolute atomic E-state index is 10.4. The van der Waals surface area contributed by atoms with Crippen molar-refractivity contribution in [3.8, 4) is 11.5 Å². The van der Waals surface area contributed by atoms with Crippen LogP contribution in [-0.4, -0.2) is 10.2 Å². The van der Waals surface area contributed by atoms with E-state index >= 15 is 0 Å². The molecule has 2 N–H and O–H groups in total. The fraction of sp³-hybridized carbons (Fsp3) is 0.167. The third-order valence-corrected chi connectivity index (χ3v) is 7.64. The van der Waals surface area contributed by atoms with Gasteiger partial charge in [-0.1, -0.05) is 72.8 Å². The van der Waals surface area contributed by atoms with E-state index in [1.54, 1.807) is 12.1 Å². The van der Waals surface area contributed by atoms with Crippen LogP contribution in [0, 0.1) is 0 Å². The highest BCUT2D eigenvalue weighted by atomic mass is 16.3. The van der Waals surface area contributed by atoms with Gasteiger partial charge in [0.25, 0.3) is 0 Å². The van der Waals surface area contributed by atoms with Gasteiger partial charge in [-0.2, -0.15) is 0 Å². The molecule has 0 aliphatic carbocycles. The summed E-state index contributed by atoms with van der Waals surface area (Å²) in [6, 6.07) is 34.5. The van der Waals surface area contributed by atoms with Gasteiger partial charge in [0.15, 0.2) is 11.4 Å². The first-order valence-electron chi connectivity index (χ1n) is 14.9.